The van der Waals surface area contributed by atoms with E-state index in [1.54, 1.807) is 0 Å². The van der Waals surface area contributed by atoms with Gasteiger partial charge in [0.25, 0.3) is 0 Å². The summed E-state index contributed by atoms with van der Waals surface area (Å²) in [6.45, 7) is 0. The van der Waals surface area contributed by atoms with Crippen molar-refractivity contribution >= 4 is 11.6 Å². The van der Waals surface area contributed by atoms with Crippen molar-refractivity contribution in [1.82, 2.24) is 0 Å². The van der Waals surface area contributed by atoms with E-state index in [1.165, 1.54) is 12.2 Å². The van der Waals surface area contributed by atoms with Crippen molar-refractivity contribution < 1.29 is 5.11 Å². The normalized spacial score (nSPS) is 13.2. The number of aliphatic hydroxyl groups excluding tert-OH is 1. The van der Waals surface area contributed by atoms with Gasteiger partial charge in [0, 0.05) is 12.0 Å². The molecule has 0 spiro atoms. The summed E-state index contributed by atoms with van der Waals surface area (Å²) in [5.74, 6) is 0.634. The van der Waals surface area contributed by atoms with Crippen molar-refractivity contribution in [3.8, 4) is 6.07 Å². The maximum absolute atomic E-state index is 9.13. The third-order valence-corrected chi connectivity index (χ3v) is 1.54. The van der Waals surface area contributed by atoms with Gasteiger partial charge in [-0.3, -0.25) is 0 Å². The van der Waals surface area contributed by atoms with Gasteiger partial charge in [-0.15, -0.1) is 11.6 Å². The number of unbranched alkanes of at least 4 members (excludes halogenated alkanes) is 1. The molecule has 11 heavy (non-hydrogen) atoms. The number of nitriles is 1. The molecule has 0 bridgehead atoms. The molecule has 0 aliphatic carbocycles. The predicted octanol–water partition coefficient (Wildman–Crippen LogP) is 1.84. The fourth-order valence-electron chi connectivity index (χ4n) is 0.698. The molecule has 1 atom stereocenters. The fourth-order valence-corrected chi connectivity index (χ4v) is 0.887. The van der Waals surface area contributed by atoms with Crippen LogP contribution in [0.15, 0.2) is 12.2 Å². The Morgan fingerprint density at radius 3 is 2.82 bits per heavy atom. The molecule has 0 saturated heterocycles. The second-order valence-corrected chi connectivity index (χ2v) is 2.62. The van der Waals surface area contributed by atoms with Crippen LogP contribution in [0.5, 0.6) is 0 Å². The molecule has 0 aliphatic heterocycles. The number of hydrogen-bond acceptors (Lipinski definition) is 2. The van der Waals surface area contributed by atoms with Gasteiger partial charge in [0.05, 0.1) is 12.2 Å². The van der Waals surface area contributed by atoms with Gasteiger partial charge in [-0.1, -0.05) is 0 Å². The van der Waals surface area contributed by atoms with E-state index in [0.717, 1.165) is 12.8 Å². The highest BCUT2D eigenvalue weighted by Gasteiger charge is 1.96. The van der Waals surface area contributed by atoms with Gasteiger partial charge in [-0.2, -0.15) is 5.26 Å². The minimum Gasteiger partial charge on any atom is -0.389 e. The van der Waals surface area contributed by atoms with E-state index >= 15 is 0 Å². The second kappa shape index (κ2) is 7.59. The molecule has 0 aliphatic rings. The zero-order valence-corrected chi connectivity index (χ0v) is 7.09. The summed E-state index contributed by atoms with van der Waals surface area (Å²) < 4.78 is 0. The minimum atomic E-state index is -0.488. The van der Waals surface area contributed by atoms with Crippen molar-refractivity contribution in [2.24, 2.45) is 0 Å². The average Bonchev–Trinajstić information content (AvgIpc) is 2.01. The Balaban J connectivity index is 3.31. The number of hydrogen-bond donors (Lipinski definition) is 1. The van der Waals surface area contributed by atoms with Crippen molar-refractivity contribution in [3.05, 3.63) is 12.2 Å². The molecule has 0 radical (unpaired) electrons. The number of halogens is 1. The molecular formula is C8H12ClNO. The Kier molecular flexibility index (Phi) is 7.23. The van der Waals surface area contributed by atoms with Crippen molar-refractivity contribution in [1.29, 1.82) is 5.26 Å². The molecule has 0 fully saturated rings. The van der Waals surface area contributed by atoms with E-state index in [-0.39, 0.29) is 0 Å². The van der Waals surface area contributed by atoms with Crippen LogP contribution in [0.1, 0.15) is 19.3 Å². The monoisotopic (exact) mass is 173 g/mol. The maximum atomic E-state index is 9.13. The van der Waals surface area contributed by atoms with E-state index < -0.39 is 6.10 Å². The lowest BCUT2D eigenvalue weighted by molar-refractivity contribution is 0.209. The van der Waals surface area contributed by atoms with E-state index in [0.29, 0.717) is 12.3 Å². The zero-order valence-electron chi connectivity index (χ0n) is 6.33. The highest BCUT2D eigenvalue weighted by atomic mass is 35.5. The van der Waals surface area contributed by atoms with Crippen LogP contribution in [0.3, 0.4) is 0 Å². The fraction of sp³-hybridized carbons (Fsp3) is 0.625. The van der Waals surface area contributed by atoms with Crippen molar-refractivity contribution in [2.45, 2.75) is 25.4 Å². The van der Waals surface area contributed by atoms with Crippen LogP contribution < -0.4 is 0 Å². The first kappa shape index (κ1) is 10.5. The molecule has 0 rings (SSSR count). The molecule has 0 heterocycles. The van der Waals surface area contributed by atoms with Gasteiger partial charge in [-0.25, -0.2) is 0 Å². The van der Waals surface area contributed by atoms with Crippen LogP contribution in [0.25, 0.3) is 0 Å². The number of nitrogens with zero attached hydrogens (tertiary/aromatic N) is 1. The van der Waals surface area contributed by atoms with Gasteiger partial charge in [-0.05, 0) is 25.3 Å². The molecule has 62 valence electrons. The summed E-state index contributed by atoms with van der Waals surface area (Å²) in [5, 5.41) is 17.2. The molecule has 1 N–H and O–H groups in total. The molecule has 1 unspecified atom stereocenters. The average molecular weight is 174 g/mol. The lowest BCUT2D eigenvalue weighted by Crippen LogP contribution is -2.01. The van der Waals surface area contributed by atoms with Crippen molar-refractivity contribution in [2.75, 3.05) is 5.88 Å². The maximum Gasteiger partial charge on any atom is 0.0909 e. The second-order valence-electron chi connectivity index (χ2n) is 2.24. The minimum absolute atomic E-state index is 0.488. The van der Waals surface area contributed by atoms with Gasteiger partial charge in [0.15, 0.2) is 0 Å². The lowest BCUT2D eigenvalue weighted by atomic mass is 10.1. The largest absolute Gasteiger partial charge is 0.389 e. The van der Waals surface area contributed by atoms with E-state index in [1.807, 2.05) is 6.07 Å². The smallest absolute Gasteiger partial charge is 0.0909 e. The van der Waals surface area contributed by atoms with Crippen LogP contribution in [-0.2, 0) is 0 Å². The zero-order chi connectivity index (χ0) is 8.53. The number of allylic oxidation sites excluding steroid dienone is 1. The van der Waals surface area contributed by atoms with Gasteiger partial charge in [0.1, 0.15) is 0 Å². The predicted molar refractivity (Wildman–Crippen MR) is 45.3 cm³/mol. The Morgan fingerprint density at radius 1 is 1.55 bits per heavy atom. The standard InChI is InChI=1S/C8H12ClNO/c9-6-2-1-4-8(11)5-3-7-10/h3,5,8,11H,1-2,4,6H2/b5-3+. The molecule has 0 saturated carbocycles. The van der Waals surface area contributed by atoms with E-state index in [9.17, 15) is 0 Å². The van der Waals surface area contributed by atoms with Crippen LogP contribution >= 0.6 is 11.6 Å². The summed E-state index contributed by atoms with van der Waals surface area (Å²) in [7, 11) is 0. The summed E-state index contributed by atoms with van der Waals surface area (Å²) in [4.78, 5) is 0. The lowest BCUT2D eigenvalue weighted by Gasteiger charge is -2.01. The van der Waals surface area contributed by atoms with E-state index in [2.05, 4.69) is 0 Å². The third-order valence-electron chi connectivity index (χ3n) is 1.28. The third kappa shape index (κ3) is 7.38. The van der Waals surface area contributed by atoms with Gasteiger partial charge < -0.3 is 5.11 Å². The van der Waals surface area contributed by atoms with Crippen LogP contribution in [0.4, 0.5) is 0 Å². The molecule has 0 aromatic carbocycles. The molecule has 0 aromatic heterocycles. The van der Waals surface area contributed by atoms with Crippen LogP contribution in [0.2, 0.25) is 0 Å². The molecule has 2 nitrogen and oxygen atoms in total. The Bertz CT molecular complexity index is 151. The molecular weight excluding hydrogens is 162 g/mol. The quantitative estimate of drug-likeness (QED) is 0.392. The van der Waals surface area contributed by atoms with Crippen LogP contribution in [0, 0.1) is 11.3 Å². The summed E-state index contributed by atoms with van der Waals surface area (Å²) in [6, 6.07) is 1.82. The van der Waals surface area contributed by atoms with Crippen molar-refractivity contribution in [3.63, 3.8) is 0 Å². The molecule has 3 heteroatoms. The number of rotatable bonds is 5. The summed E-state index contributed by atoms with van der Waals surface area (Å²) in [6.07, 6.45) is 4.81. The molecule has 0 aromatic rings. The number of alkyl halides is 1. The van der Waals surface area contributed by atoms with Gasteiger partial charge in [0.2, 0.25) is 0 Å². The SMILES string of the molecule is N#C/C=C/C(O)CCCCCl. The highest BCUT2D eigenvalue weighted by molar-refractivity contribution is 6.17. The van der Waals surface area contributed by atoms with Gasteiger partial charge >= 0.3 is 0 Å². The first-order chi connectivity index (χ1) is 5.31. The van der Waals surface area contributed by atoms with Crippen LogP contribution in [-0.4, -0.2) is 17.1 Å². The Hall–Kier alpha value is -0.520. The first-order valence-corrected chi connectivity index (χ1v) is 4.15. The highest BCUT2D eigenvalue weighted by Crippen LogP contribution is 2.02. The Labute approximate surface area is 72.1 Å². The summed E-state index contributed by atoms with van der Waals surface area (Å²) >= 11 is 5.44. The van der Waals surface area contributed by atoms with E-state index in [4.69, 9.17) is 22.0 Å². The topological polar surface area (TPSA) is 44.0 Å². The molecule has 0 amide bonds. The summed E-state index contributed by atoms with van der Waals surface area (Å²) in [5.41, 5.74) is 0. The first-order valence-electron chi connectivity index (χ1n) is 3.61. The Morgan fingerprint density at radius 2 is 2.27 bits per heavy atom. The number of aliphatic hydroxyl groups is 1.